The fourth-order valence-electron chi connectivity index (χ4n) is 2.17. The van der Waals surface area contributed by atoms with Crippen LogP contribution in [0.4, 0.5) is 0 Å². The van der Waals surface area contributed by atoms with Crippen molar-refractivity contribution in [3.05, 3.63) is 39.8 Å². The van der Waals surface area contributed by atoms with Crippen LogP contribution >= 0.6 is 11.3 Å². The smallest absolute Gasteiger partial charge is 0.251 e. The molecule has 1 aromatic heterocycles. The molecule has 0 bridgehead atoms. The molecule has 2 aromatic rings. The number of thiazole rings is 1. The Balaban J connectivity index is 1.63. The fraction of sp³-hybridized carbons (Fsp3) is 0.375. The highest BCUT2D eigenvalue weighted by Gasteiger charge is 2.26. The maximum atomic E-state index is 12.2. The summed E-state index contributed by atoms with van der Waals surface area (Å²) in [6, 6.07) is 5.11. The normalized spacial score (nSPS) is 13.7. The zero-order valence-electron chi connectivity index (χ0n) is 12.6. The number of rotatable bonds is 6. The Hall–Kier alpha value is -2.08. The largest absolute Gasteiger partial charge is 0.493 e. The third-order valence-electron chi connectivity index (χ3n) is 3.57. The van der Waals surface area contributed by atoms with Crippen molar-refractivity contribution in [1.29, 1.82) is 0 Å². The molecule has 0 radical (unpaired) electrons. The van der Waals surface area contributed by atoms with Gasteiger partial charge in [-0.1, -0.05) is 0 Å². The summed E-state index contributed by atoms with van der Waals surface area (Å²) in [4.78, 5) is 16.8. The molecule has 1 aliphatic rings. The van der Waals surface area contributed by atoms with Gasteiger partial charge in [0.15, 0.2) is 11.5 Å². The van der Waals surface area contributed by atoms with Crippen LogP contribution < -0.4 is 14.8 Å². The van der Waals surface area contributed by atoms with Crippen LogP contribution in [0, 0.1) is 0 Å². The van der Waals surface area contributed by atoms with Gasteiger partial charge in [0, 0.05) is 16.9 Å². The van der Waals surface area contributed by atoms with Gasteiger partial charge in [-0.05, 0) is 31.0 Å². The van der Waals surface area contributed by atoms with Crippen molar-refractivity contribution in [1.82, 2.24) is 10.3 Å². The SMILES string of the molecule is COc1ccc(C(=O)NCc2csc(C3CC3)n2)cc1OC. The molecule has 0 aliphatic heterocycles. The first-order valence-electron chi connectivity index (χ1n) is 7.15. The molecule has 22 heavy (non-hydrogen) atoms. The maximum Gasteiger partial charge on any atom is 0.251 e. The number of carbonyl (C=O) groups is 1. The number of benzene rings is 1. The van der Waals surface area contributed by atoms with E-state index in [9.17, 15) is 4.79 Å². The number of amides is 1. The summed E-state index contributed by atoms with van der Waals surface area (Å²) in [6.45, 7) is 0.441. The number of hydrogen-bond acceptors (Lipinski definition) is 5. The molecule has 1 heterocycles. The molecule has 0 unspecified atom stereocenters. The van der Waals surface area contributed by atoms with E-state index in [1.165, 1.54) is 17.8 Å². The van der Waals surface area contributed by atoms with E-state index in [1.807, 2.05) is 5.38 Å². The van der Waals surface area contributed by atoms with Crippen molar-refractivity contribution in [2.24, 2.45) is 0 Å². The van der Waals surface area contributed by atoms with E-state index in [0.29, 0.717) is 29.5 Å². The van der Waals surface area contributed by atoms with E-state index in [4.69, 9.17) is 9.47 Å². The van der Waals surface area contributed by atoms with Crippen molar-refractivity contribution in [2.45, 2.75) is 25.3 Å². The summed E-state index contributed by atoms with van der Waals surface area (Å²) in [5.41, 5.74) is 1.45. The molecule has 3 rings (SSSR count). The highest BCUT2D eigenvalue weighted by atomic mass is 32.1. The lowest BCUT2D eigenvalue weighted by molar-refractivity contribution is 0.0950. The summed E-state index contributed by atoms with van der Waals surface area (Å²) in [5, 5.41) is 6.09. The minimum absolute atomic E-state index is 0.151. The molecule has 0 spiro atoms. The molecule has 1 aromatic carbocycles. The van der Waals surface area contributed by atoms with Gasteiger partial charge >= 0.3 is 0 Å². The summed E-state index contributed by atoms with van der Waals surface area (Å²) in [5.74, 6) is 1.65. The predicted octanol–water partition coefficient (Wildman–Crippen LogP) is 2.97. The van der Waals surface area contributed by atoms with E-state index in [1.54, 1.807) is 43.8 Å². The minimum atomic E-state index is -0.151. The Morgan fingerprint density at radius 3 is 2.77 bits per heavy atom. The van der Waals surface area contributed by atoms with Crippen LogP contribution in [0.2, 0.25) is 0 Å². The van der Waals surface area contributed by atoms with Gasteiger partial charge in [-0.2, -0.15) is 0 Å². The van der Waals surface area contributed by atoms with E-state index < -0.39 is 0 Å². The number of nitrogens with one attached hydrogen (secondary N) is 1. The molecule has 6 heteroatoms. The Morgan fingerprint density at radius 2 is 2.09 bits per heavy atom. The lowest BCUT2D eigenvalue weighted by Crippen LogP contribution is -2.23. The Labute approximate surface area is 133 Å². The number of carbonyl (C=O) groups excluding carboxylic acids is 1. The summed E-state index contributed by atoms with van der Waals surface area (Å²) in [6.07, 6.45) is 2.48. The molecule has 1 saturated carbocycles. The zero-order valence-corrected chi connectivity index (χ0v) is 13.4. The summed E-state index contributed by atoms with van der Waals surface area (Å²) in [7, 11) is 3.12. The van der Waals surface area contributed by atoms with Gasteiger partial charge in [-0.3, -0.25) is 4.79 Å². The van der Waals surface area contributed by atoms with Gasteiger partial charge in [0.05, 0.1) is 31.5 Å². The topological polar surface area (TPSA) is 60.5 Å². The quantitative estimate of drug-likeness (QED) is 0.889. The number of ether oxygens (including phenoxy) is 2. The highest BCUT2D eigenvalue weighted by molar-refractivity contribution is 7.09. The highest BCUT2D eigenvalue weighted by Crippen LogP contribution is 2.41. The third kappa shape index (κ3) is 3.22. The van der Waals surface area contributed by atoms with Gasteiger partial charge in [0.25, 0.3) is 5.91 Å². The monoisotopic (exact) mass is 318 g/mol. The molecule has 1 amide bonds. The van der Waals surface area contributed by atoms with Crippen LogP contribution in [0.25, 0.3) is 0 Å². The second-order valence-electron chi connectivity index (χ2n) is 5.20. The van der Waals surface area contributed by atoms with Crippen LogP contribution in [-0.2, 0) is 6.54 Å². The first-order chi connectivity index (χ1) is 10.7. The third-order valence-corrected chi connectivity index (χ3v) is 4.63. The van der Waals surface area contributed by atoms with Gasteiger partial charge < -0.3 is 14.8 Å². The Morgan fingerprint density at radius 1 is 1.32 bits per heavy atom. The van der Waals surface area contributed by atoms with Crippen molar-refractivity contribution < 1.29 is 14.3 Å². The lowest BCUT2D eigenvalue weighted by Gasteiger charge is -2.09. The van der Waals surface area contributed by atoms with E-state index >= 15 is 0 Å². The predicted molar refractivity (Wildman–Crippen MR) is 84.8 cm³/mol. The van der Waals surface area contributed by atoms with Crippen LogP contribution in [0.3, 0.4) is 0 Å². The average molecular weight is 318 g/mol. The zero-order chi connectivity index (χ0) is 15.5. The minimum Gasteiger partial charge on any atom is -0.493 e. The van der Waals surface area contributed by atoms with Crippen LogP contribution in [0.15, 0.2) is 23.6 Å². The van der Waals surface area contributed by atoms with E-state index in [2.05, 4.69) is 10.3 Å². The van der Waals surface area contributed by atoms with E-state index in [0.717, 1.165) is 5.69 Å². The van der Waals surface area contributed by atoms with Gasteiger partial charge in [0.1, 0.15) is 0 Å². The first-order valence-corrected chi connectivity index (χ1v) is 8.03. The van der Waals surface area contributed by atoms with Gasteiger partial charge in [-0.15, -0.1) is 11.3 Å². The van der Waals surface area contributed by atoms with E-state index in [-0.39, 0.29) is 5.91 Å². The Bertz CT molecular complexity index is 680. The maximum absolute atomic E-state index is 12.2. The van der Waals surface area contributed by atoms with Crippen LogP contribution in [0.5, 0.6) is 11.5 Å². The average Bonchev–Trinajstić information content (AvgIpc) is 3.30. The molecule has 1 fully saturated rings. The molecule has 1 N–H and O–H groups in total. The Kier molecular flexibility index (Phi) is 4.29. The van der Waals surface area contributed by atoms with Crippen molar-refractivity contribution in [3.63, 3.8) is 0 Å². The second kappa shape index (κ2) is 6.36. The van der Waals surface area contributed by atoms with Crippen molar-refractivity contribution in [3.8, 4) is 11.5 Å². The number of hydrogen-bond donors (Lipinski definition) is 1. The second-order valence-corrected chi connectivity index (χ2v) is 6.09. The number of aromatic nitrogens is 1. The molecule has 0 atom stereocenters. The molecule has 116 valence electrons. The molecular weight excluding hydrogens is 300 g/mol. The molecule has 1 aliphatic carbocycles. The van der Waals surface area contributed by atoms with Crippen LogP contribution in [-0.4, -0.2) is 25.1 Å². The van der Waals surface area contributed by atoms with Crippen LogP contribution in [0.1, 0.15) is 39.8 Å². The van der Waals surface area contributed by atoms with Gasteiger partial charge in [0.2, 0.25) is 0 Å². The van der Waals surface area contributed by atoms with Crippen molar-refractivity contribution >= 4 is 17.2 Å². The number of methoxy groups -OCH3 is 2. The molecular formula is C16H18N2O3S. The molecule has 0 saturated heterocycles. The lowest BCUT2D eigenvalue weighted by atomic mass is 10.2. The summed E-state index contributed by atoms with van der Waals surface area (Å²) >= 11 is 1.68. The first kappa shape index (κ1) is 14.8. The van der Waals surface area contributed by atoms with Crippen molar-refractivity contribution in [2.75, 3.05) is 14.2 Å². The van der Waals surface area contributed by atoms with Gasteiger partial charge in [-0.25, -0.2) is 4.98 Å². The fourth-order valence-corrected chi connectivity index (χ4v) is 3.16. The molecule has 5 nitrogen and oxygen atoms in total. The number of nitrogens with zero attached hydrogens (tertiary/aromatic N) is 1. The standard InChI is InChI=1S/C16H18N2O3S/c1-20-13-6-5-11(7-14(13)21-2)15(19)17-8-12-9-22-16(18-12)10-3-4-10/h5-7,9-10H,3-4,8H2,1-2H3,(H,17,19). The summed E-state index contributed by atoms with van der Waals surface area (Å²) < 4.78 is 10.4.